The molecule has 35 heavy (non-hydrogen) atoms. The minimum absolute atomic E-state index is 0.0982. The number of hydrogen-bond acceptors (Lipinski definition) is 6. The Morgan fingerprint density at radius 1 is 1.03 bits per heavy atom. The molecular formula is C25H15Cl3N2O4S. The van der Waals surface area contributed by atoms with Crippen LogP contribution < -0.4 is 9.64 Å². The van der Waals surface area contributed by atoms with Gasteiger partial charge < -0.3 is 9.84 Å². The van der Waals surface area contributed by atoms with Crippen molar-refractivity contribution in [2.45, 2.75) is 6.04 Å². The fourth-order valence-electron chi connectivity index (χ4n) is 3.94. The predicted molar refractivity (Wildman–Crippen MR) is 139 cm³/mol. The molecule has 5 rings (SSSR count). The number of fused-ring (bicyclic) bond motifs is 1. The summed E-state index contributed by atoms with van der Waals surface area (Å²) in [5, 5.41) is 12.6. The standard InChI is InChI=1S/C25H15Cl3N2O4S/c1-34-15-4-2-3-13(9-15)22(31)20-21(12-5-7-16(27)17(28)10-12)30(24(33)23(20)32)25-29-18-8-6-14(26)11-19(18)35-25/h2-11,21,31H,1H3. The SMILES string of the molecule is COc1cccc(C(O)=C2C(=O)C(=O)N(c3nc4ccc(Cl)cc4s3)C2c2ccc(Cl)c(Cl)c2)c1. The Morgan fingerprint density at radius 2 is 1.83 bits per heavy atom. The molecule has 1 aromatic heterocycles. The summed E-state index contributed by atoms with van der Waals surface area (Å²) in [5.74, 6) is -1.53. The Kier molecular flexibility index (Phi) is 6.19. The Labute approximate surface area is 218 Å². The van der Waals surface area contributed by atoms with Crippen LogP contribution >= 0.6 is 46.1 Å². The van der Waals surface area contributed by atoms with Crippen molar-refractivity contribution in [2.75, 3.05) is 12.0 Å². The van der Waals surface area contributed by atoms with Gasteiger partial charge in [0.15, 0.2) is 5.13 Å². The minimum Gasteiger partial charge on any atom is -0.507 e. The van der Waals surface area contributed by atoms with E-state index in [1.165, 1.54) is 23.3 Å². The average molecular weight is 546 g/mol. The van der Waals surface area contributed by atoms with Gasteiger partial charge in [-0.25, -0.2) is 4.98 Å². The number of methoxy groups -OCH3 is 1. The molecule has 1 N–H and O–H groups in total. The molecule has 4 aromatic rings. The first-order valence-corrected chi connectivity index (χ1v) is 12.2. The maximum absolute atomic E-state index is 13.3. The van der Waals surface area contributed by atoms with E-state index in [1.54, 1.807) is 60.7 Å². The maximum Gasteiger partial charge on any atom is 0.301 e. The Balaban J connectivity index is 1.75. The third-order valence-corrected chi connectivity index (χ3v) is 7.58. The first-order valence-electron chi connectivity index (χ1n) is 10.2. The van der Waals surface area contributed by atoms with Crippen molar-refractivity contribution in [3.05, 3.63) is 92.4 Å². The molecule has 1 saturated heterocycles. The molecule has 0 bridgehead atoms. The van der Waals surface area contributed by atoms with Crippen molar-refractivity contribution >= 4 is 78.9 Å². The van der Waals surface area contributed by atoms with E-state index in [1.807, 2.05) is 0 Å². The van der Waals surface area contributed by atoms with E-state index in [0.29, 0.717) is 32.4 Å². The zero-order valence-corrected chi connectivity index (χ0v) is 21.0. The average Bonchev–Trinajstić information content (AvgIpc) is 3.38. The van der Waals surface area contributed by atoms with Crippen LogP contribution in [0.1, 0.15) is 17.2 Å². The van der Waals surface area contributed by atoms with Gasteiger partial charge in [-0.05, 0) is 48.0 Å². The van der Waals surface area contributed by atoms with Gasteiger partial charge in [0.05, 0.1) is 39.0 Å². The molecule has 1 aliphatic heterocycles. The quantitative estimate of drug-likeness (QED) is 0.172. The summed E-state index contributed by atoms with van der Waals surface area (Å²) >= 11 is 19.7. The lowest BCUT2D eigenvalue weighted by Crippen LogP contribution is -2.29. The van der Waals surface area contributed by atoms with Crippen molar-refractivity contribution in [1.82, 2.24) is 4.98 Å². The largest absolute Gasteiger partial charge is 0.507 e. The lowest BCUT2D eigenvalue weighted by Gasteiger charge is -2.23. The van der Waals surface area contributed by atoms with Crippen LogP contribution in [0.25, 0.3) is 16.0 Å². The van der Waals surface area contributed by atoms with Gasteiger partial charge >= 0.3 is 5.91 Å². The first-order chi connectivity index (χ1) is 16.8. The number of aliphatic hydroxyl groups excluding tert-OH is 1. The summed E-state index contributed by atoms with van der Waals surface area (Å²) in [4.78, 5) is 32.5. The first kappa shape index (κ1) is 23.6. The van der Waals surface area contributed by atoms with E-state index in [0.717, 1.165) is 4.70 Å². The van der Waals surface area contributed by atoms with Gasteiger partial charge in [-0.15, -0.1) is 0 Å². The molecule has 1 aliphatic rings. The number of benzene rings is 3. The van der Waals surface area contributed by atoms with Crippen LogP contribution in [-0.2, 0) is 9.59 Å². The van der Waals surface area contributed by atoms with E-state index >= 15 is 0 Å². The van der Waals surface area contributed by atoms with Gasteiger partial charge in [0.1, 0.15) is 11.5 Å². The Hall–Kier alpha value is -3.10. The van der Waals surface area contributed by atoms with E-state index in [-0.39, 0.29) is 21.5 Å². The van der Waals surface area contributed by atoms with Gasteiger partial charge in [-0.1, -0.05) is 64.3 Å². The van der Waals surface area contributed by atoms with Crippen LogP contribution in [0.15, 0.2) is 66.2 Å². The third kappa shape index (κ3) is 4.15. The number of hydrogen-bond donors (Lipinski definition) is 1. The minimum atomic E-state index is -0.994. The molecule has 0 saturated carbocycles. The predicted octanol–water partition coefficient (Wildman–Crippen LogP) is 6.89. The molecule has 1 fully saturated rings. The topological polar surface area (TPSA) is 79.7 Å². The van der Waals surface area contributed by atoms with Crippen LogP contribution in [0.2, 0.25) is 15.1 Å². The highest BCUT2D eigenvalue weighted by Gasteiger charge is 2.48. The Morgan fingerprint density at radius 3 is 2.57 bits per heavy atom. The number of aliphatic hydroxyl groups is 1. The summed E-state index contributed by atoms with van der Waals surface area (Å²) < 4.78 is 5.99. The van der Waals surface area contributed by atoms with E-state index in [2.05, 4.69) is 4.98 Å². The second-order valence-electron chi connectivity index (χ2n) is 7.68. The van der Waals surface area contributed by atoms with Gasteiger partial charge in [-0.3, -0.25) is 14.5 Å². The summed E-state index contributed by atoms with van der Waals surface area (Å²) in [6, 6.07) is 15.5. The molecule has 2 heterocycles. The molecule has 0 spiro atoms. The molecule has 10 heteroatoms. The van der Waals surface area contributed by atoms with Crippen LogP contribution in [0.4, 0.5) is 5.13 Å². The number of Topliss-reactive ketones (excluding diaryl/α,β-unsaturated/α-hetero) is 1. The second kappa shape index (κ2) is 9.17. The number of aromatic nitrogens is 1. The normalized spacial score (nSPS) is 17.4. The molecule has 0 radical (unpaired) electrons. The number of nitrogens with zero attached hydrogens (tertiary/aromatic N) is 2. The zero-order valence-electron chi connectivity index (χ0n) is 18.0. The molecule has 1 unspecified atom stereocenters. The molecular weight excluding hydrogens is 531 g/mol. The van der Waals surface area contributed by atoms with Crippen LogP contribution in [0, 0.1) is 0 Å². The monoisotopic (exact) mass is 544 g/mol. The summed E-state index contributed by atoms with van der Waals surface area (Å²) in [6.45, 7) is 0. The number of ether oxygens (including phenoxy) is 1. The highest BCUT2D eigenvalue weighted by molar-refractivity contribution is 7.22. The number of amides is 1. The van der Waals surface area contributed by atoms with Gasteiger partial charge in [0.25, 0.3) is 5.78 Å². The number of ketones is 1. The van der Waals surface area contributed by atoms with Crippen LogP contribution in [-0.4, -0.2) is 28.9 Å². The fraction of sp³-hybridized carbons (Fsp3) is 0.0800. The van der Waals surface area contributed by atoms with Crippen LogP contribution in [0.5, 0.6) is 5.75 Å². The smallest absolute Gasteiger partial charge is 0.301 e. The lowest BCUT2D eigenvalue weighted by atomic mass is 9.95. The molecule has 1 amide bonds. The van der Waals surface area contributed by atoms with E-state index in [4.69, 9.17) is 39.5 Å². The lowest BCUT2D eigenvalue weighted by molar-refractivity contribution is -0.132. The number of anilines is 1. The molecule has 6 nitrogen and oxygen atoms in total. The van der Waals surface area contributed by atoms with Gasteiger partial charge in [0, 0.05) is 10.6 Å². The molecule has 176 valence electrons. The molecule has 0 aliphatic carbocycles. The van der Waals surface area contributed by atoms with Gasteiger partial charge in [-0.2, -0.15) is 0 Å². The van der Waals surface area contributed by atoms with Crippen LogP contribution in [0.3, 0.4) is 0 Å². The second-order valence-corrected chi connectivity index (χ2v) is 9.94. The fourth-order valence-corrected chi connectivity index (χ4v) is 5.52. The summed E-state index contributed by atoms with van der Waals surface area (Å²) in [7, 11) is 1.49. The summed E-state index contributed by atoms with van der Waals surface area (Å²) in [6.07, 6.45) is 0. The van der Waals surface area contributed by atoms with E-state index in [9.17, 15) is 14.7 Å². The van der Waals surface area contributed by atoms with Crippen molar-refractivity contribution < 1.29 is 19.4 Å². The highest BCUT2D eigenvalue weighted by Crippen LogP contribution is 2.45. The number of thiazole rings is 1. The van der Waals surface area contributed by atoms with Crippen molar-refractivity contribution in [1.29, 1.82) is 0 Å². The van der Waals surface area contributed by atoms with E-state index < -0.39 is 17.7 Å². The van der Waals surface area contributed by atoms with Crippen molar-refractivity contribution in [2.24, 2.45) is 0 Å². The number of rotatable bonds is 4. The molecule has 3 aromatic carbocycles. The number of carbonyl (C=O) groups is 2. The third-order valence-electron chi connectivity index (χ3n) is 5.59. The molecule has 1 atom stereocenters. The Bertz CT molecular complexity index is 1550. The zero-order chi connectivity index (χ0) is 24.9. The number of carbonyl (C=O) groups excluding carboxylic acids is 2. The maximum atomic E-state index is 13.3. The number of halogens is 3. The van der Waals surface area contributed by atoms with Gasteiger partial charge in [0.2, 0.25) is 0 Å². The highest BCUT2D eigenvalue weighted by atomic mass is 35.5. The van der Waals surface area contributed by atoms with Crippen molar-refractivity contribution in [3.8, 4) is 5.75 Å². The summed E-state index contributed by atoms with van der Waals surface area (Å²) in [5.41, 5.74) is 1.33. The van der Waals surface area contributed by atoms with Crippen molar-refractivity contribution in [3.63, 3.8) is 0 Å².